The van der Waals surface area contributed by atoms with Gasteiger partial charge in [0.1, 0.15) is 11.6 Å². The summed E-state index contributed by atoms with van der Waals surface area (Å²) in [6.45, 7) is 4.69. The summed E-state index contributed by atoms with van der Waals surface area (Å²) >= 11 is 0. The monoisotopic (exact) mass is 553 g/mol. The number of carboxylic acid groups (broad SMARTS) is 1. The van der Waals surface area contributed by atoms with Crippen LogP contribution in [-0.4, -0.2) is 63.3 Å². The molecule has 41 heavy (non-hydrogen) atoms. The van der Waals surface area contributed by atoms with Gasteiger partial charge in [-0.3, -0.25) is 14.8 Å². The summed E-state index contributed by atoms with van der Waals surface area (Å²) in [4.78, 5) is 28.4. The fraction of sp³-hybridized carbons (Fsp3) is 0.281. The number of nitrogens with one attached hydrogen (secondary N) is 2. The maximum absolute atomic E-state index is 12.8. The molecule has 0 unspecified atom stereocenters. The lowest BCUT2D eigenvalue weighted by atomic mass is 10.1. The lowest BCUT2D eigenvalue weighted by molar-refractivity contribution is 0.102. The predicted molar refractivity (Wildman–Crippen MR) is 158 cm³/mol. The average molecular weight is 554 g/mol. The van der Waals surface area contributed by atoms with Crippen LogP contribution in [0.25, 0.3) is 11.3 Å². The van der Waals surface area contributed by atoms with Crippen molar-refractivity contribution in [2.24, 2.45) is 0 Å². The van der Waals surface area contributed by atoms with Crippen LogP contribution in [0.4, 0.5) is 10.6 Å². The molecule has 1 aliphatic rings. The number of ether oxygens (including phenoxy) is 1. The lowest BCUT2D eigenvalue weighted by Crippen LogP contribution is -2.28. The van der Waals surface area contributed by atoms with E-state index in [1.807, 2.05) is 66.7 Å². The van der Waals surface area contributed by atoms with E-state index in [1.54, 1.807) is 18.2 Å². The molecule has 9 nitrogen and oxygen atoms in total. The first kappa shape index (κ1) is 27.9. The molecular weight excluding hydrogens is 518 g/mol. The van der Waals surface area contributed by atoms with Crippen LogP contribution in [0.2, 0.25) is 0 Å². The molecule has 3 N–H and O–H groups in total. The zero-order valence-corrected chi connectivity index (χ0v) is 23.0. The van der Waals surface area contributed by atoms with Crippen LogP contribution in [-0.2, 0) is 13.1 Å². The number of hydrogen-bond acceptors (Lipinski definition) is 5. The summed E-state index contributed by atoms with van der Waals surface area (Å²) in [5.74, 6) is 0.987. The number of carbonyl (C=O) groups is 2. The summed E-state index contributed by atoms with van der Waals surface area (Å²) in [6, 6.07) is 26.0. The fourth-order valence-corrected chi connectivity index (χ4v) is 4.91. The molecule has 0 radical (unpaired) electrons. The Morgan fingerprint density at radius 1 is 0.927 bits per heavy atom. The average Bonchev–Trinajstić information content (AvgIpc) is 3.69. The van der Waals surface area contributed by atoms with E-state index in [4.69, 9.17) is 4.74 Å². The second kappa shape index (κ2) is 13.6. The van der Waals surface area contributed by atoms with Crippen LogP contribution in [0.15, 0.2) is 84.9 Å². The highest BCUT2D eigenvalue weighted by molar-refractivity contribution is 6.04. The summed E-state index contributed by atoms with van der Waals surface area (Å²) in [6.07, 6.45) is 2.60. The van der Waals surface area contributed by atoms with Crippen molar-refractivity contribution in [3.05, 3.63) is 102 Å². The van der Waals surface area contributed by atoms with Gasteiger partial charge in [-0.1, -0.05) is 54.6 Å². The number of carbonyl (C=O) groups excluding carboxylic acids is 1. The van der Waals surface area contributed by atoms with Gasteiger partial charge in [-0.25, -0.2) is 4.79 Å². The van der Waals surface area contributed by atoms with E-state index < -0.39 is 6.09 Å². The number of benzene rings is 3. The number of nitrogens with zero attached hydrogens (tertiary/aromatic N) is 3. The molecule has 0 atom stereocenters. The quantitative estimate of drug-likeness (QED) is 0.189. The van der Waals surface area contributed by atoms with Crippen molar-refractivity contribution in [2.75, 3.05) is 31.6 Å². The molecule has 5 rings (SSSR count). The number of amides is 2. The maximum Gasteiger partial charge on any atom is 0.407 e. The van der Waals surface area contributed by atoms with Crippen molar-refractivity contribution < 1.29 is 19.4 Å². The summed E-state index contributed by atoms with van der Waals surface area (Å²) < 4.78 is 5.83. The van der Waals surface area contributed by atoms with Gasteiger partial charge in [0.2, 0.25) is 0 Å². The molecule has 1 saturated heterocycles. The van der Waals surface area contributed by atoms with E-state index in [2.05, 4.69) is 20.4 Å². The predicted octanol–water partition coefficient (Wildman–Crippen LogP) is 5.87. The number of H-pyrrole nitrogens is 1. The third kappa shape index (κ3) is 7.95. The molecule has 0 aliphatic carbocycles. The van der Waals surface area contributed by atoms with Crippen LogP contribution < -0.4 is 10.1 Å². The molecule has 3 aromatic carbocycles. The van der Waals surface area contributed by atoms with Crippen LogP contribution in [0.5, 0.6) is 5.75 Å². The number of likely N-dealkylation sites (tertiary alicyclic amines) is 1. The SMILES string of the molecule is O=C(Nc1cc(-c2ccc(CN(Cc3ccccc3)C(=O)O)cc2)n[nH]1)c1ccc(OCCCN2CCCC2)cc1. The highest BCUT2D eigenvalue weighted by Gasteiger charge is 2.14. The largest absolute Gasteiger partial charge is 0.494 e. The first-order valence-electron chi connectivity index (χ1n) is 14.0. The van der Waals surface area contributed by atoms with Gasteiger partial charge in [-0.15, -0.1) is 0 Å². The van der Waals surface area contributed by atoms with Crippen LogP contribution in [0, 0.1) is 0 Å². The van der Waals surface area contributed by atoms with E-state index in [0.29, 0.717) is 30.2 Å². The molecule has 1 aromatic heterocycles. The summed E-state index contributed by atoms with van der Waals surface area (Å²) in [5, 5.41) is 19.7. The molecule has 1 aliphatic heterocycles. The van der Waals surface area contributed by atoms with E-state index in [9.17, 15) is 14.7 Å². The Morgan fingerprint density at radius 3 is 2.29 bits per heavy atom. The molecule has 9 heteroatoms. The second-order valence-electron chi connectivity index (χ2n) is 10.2. The Kier molecular flexibility index (Phi) is 9.28. The number of anilines is 1. The van der Waals surface area contributed by atoms with E-state index in [-0.39, 0.29) is 12.5 Å². The van der Waals surface area contributed by atoms with Gasteiger partial charge in [0, 0.05) is 36.8 Å². The molecule has 2 heterocycles. The second-order valence-corrected chi connectivity index (χ2v) is 10.2. The number of rotatable bonds is 12. The highest BCUT2D eigenvalue weighted by Crippen LogP contribution is 2.22. The fourth-order valence-electron chi connectivity index (χ4n) is 4.91. The Morgan fingerprint density at radius 2 is 1.61 bits per heavy atom. The molecule has 212 valence electrons. The Balaban J connectivity index is 1.11. The Hall–Kier alpha value is -4.63. The van der Waals surface area contributed by atoms with E-state index >= 15 is 0 Å². The number of aromatic amines is 1. The molecule has 1 fully saturated rings. The molecule has 0 spiro atoms. The minimum Gasteiger partial charge on any atom is -0.494 e. The minimum absolute atomic E-state index is 0.247. The third-order valence-corrected chi connectivity index (χ3v) is 7.14. The van der Waals surface area contributed by atoms with E-state index in [1.165, 1.54) is 30.8 Å². The van der Waals surface area contributed by atoms with Crippen molar-refractivity contribution in [3.63, 3.8) is 0 Å². The molecule has 2 amide bonds. The lowest BCUT2D eigenvalue weighted by Gasteiger charge is -2.19. The van der Waals surface area contributed by atoms with Crippen molar-refractivity contribution in [2.45, 2.75) is 32.4 Å². The van der Waals surface area contributed by atoms with Gasteiger partial charge in [0.25, 0.3) is 5.91 Å². The topological polar surface area (TPSA) is 111 Å². The van der Waals surface area contributed by atoms with Gasteiger partial charge in [0.15, 0.2) is 0 Å². The number of aromatic nitrogens is 2. The standard InChI is InChI=1S/C32H35N5O4/c38-31(27-13-15-28(16-14-27)41-20-6-19-36-17-4-5-18-36)33-30-21-29(34-35-30)26-11-9-25(10-12-26)23-37(32(39)40)22-24-7-2-1-3-8-24/h1-3,7-16,21H,4-6,17-20,22-23H2,(H,39,40)(H2,33,34,35,38). The smallest absolute Gasteiger partial charge is 0.407 e. The van der Waals surface area contributed by atoms with E-state index in [0.717, 1.165) is 35.4 Å². The molecular formula is C32H35N5O4. The van der Waals surface area contributed by atoms with Gasteiger partial charge in [-0.2, -0.15) is 5.10 Å². The highest BCUT2D eigenvalue weighted by atomic mass is 16.5. The number of hydrogen-bond donors (Lipinski definition) is 3. The van der Waals surface area contributed by atoms with Gasteiger partial charge in [-0.05, 0) is 67.7 Å². The van der Waals surface area contributed by atoms with Crippen molar-refractivity contribution in [3.8, 4) is 17.0 Å². The van der Waals surface area contributed by atoms with Crippen LogP contribution in [0.1, 0.15) is 40.7 Å². The molecule has 0 saturated carbocycles. The molecule has 4 aromatic rings. The third-order valence-electron chi connectivity index (χ3n) is 7.14. The zero-order valence-electron chi connectivity index (χ0n) is 23.0. The van der Waals surface area contributed by atoms with Crippen molar-refractivity contribution in [1.29, 1.82) is 0 Å². The van der Waals surface area contributed by atoms with Crippen LogP contribution in [0.3, 0.4) is 0 Å². The van der Waals surface area contributed by atoms with Crippen molar-refractivity contribution >= 4 is 17.8 Å². The zero-order chi connectivity index (χ0) is 28.4. The summed E-state index contributed by atoms with van der Waals surface area (Å²) in [7, 11) is 0. The minimum atomic E-state index is -0.972. The maximum atomic E-state index is 12.8. The Bertz CT molecular complexity index is 1410. The van der Waals surface area contributed by atoms with Gasteiger partial charge >= 0.3 is 6.09 Å². The summed E-state index contributed by atoms with van der Waals surface area (Å²) in [5.41, 5.74) is 3.85. The molecule has 0 bridgehead atoms. The Labute approximate surface area is 239 Å². The van der Waals surface area contributed by atoms with Gasteiger partial charge in [0.05, 0.1) is 12.3 Å². The van der Waals surface area contributed by atoms with Crippen LogP contribution >= 0.6 is 0 Å². The first-order chi connectivity index (χ1) is 20.0. The van der Waals surface area contributed by atoms with Gasteiger partial charge < -0.3 is 20.1 Å². The first-order valence-corrected chi connectivity index (χ1v) is 14.0. The normalized spacial score (nSPS) is 13.2. The van der Waals surface area contributed by atoms with Crippen molar-refractivity contribution in [1.82, 2.24) is 20.0 Å².